The summed E-state index contributed by atoms with van der Waals surface area (Å²) < 4.78 is 16.0. The van der Waals surface area contributed by atoms with Gasteiger partial charge in [0.1, 0.15) is 5.00 Å². The average molecular weight is 401 g/mol. The molecule has 1 aromatic heterocycles. The summed E-state index contributed by atoms with van der Waals surface area (Å²) in [7, 11) is 0. The molecule has 0 saturated carbocycles. The van der Waals surface area contributed by atoms with Crippen molar-refractivity contribution in [2.24, 2.45) is 0 Å². The van der Waals surface area contributed by atoms with E-state index in [-0.39, 0.29) is 18.8 Å². The lowest BCUT2D eigenvalue weighted by atomic mass is 10.1. The van der Waals surface area contributed by atoms with Gasteiger partial charge in [0.05, 0.1) is 11.7 Å². The van der Waals surface area contributed by atoms with Gasteiger partial charge in [-0.25, -0.2) is 4.79 Å². The predicted octanol–water partition coefficient (Wildman–Crippen LogP) is 4.56. The van der Waals surface area contributed by atoms with Gasteiger partial charge in [-0.1, -0.05) is 13.0 Å². The second-order valence-corrected chi connectivity index (χ2v) is 7.81. The minimum Gasteiger partial charge on any atom is -0.459 e. The van der Waals surface area contributed by atoms with Crippen molar-refractivity contribution in [1.82, 2.24) is 0 Å². The Bertz CT molecular complexity index is 929. The molecule has 0 radical (unpaired) electrons. The maximum atomic E-state index is 12.5. The standard InChI is InChI=1S/C21H23NO5S/c1-5-15-13(4)28-20(19(15)21(24)27-12(2)3)22-18(23)9-7-14-6-8-16-17(10-14)26-11-25-16/h6-10,12H,5,11H2,1-4H3,(H,22,23). The van der Waals surface area contributed by atoms with E-state index in [1.54, 1.807) is 26.0 Å². The highest BCUT2D eigenvalue weighted by Crippen LogP contribution is 2.35. The van der Waals surface area contributed by atoms with Crippen LogP contribution in [0.4, 0.5) is 5.00 Å². The largest absolute Gasteiger partial charge is 0.459 e. The molecule has 1 aliphatic heterocycles. The number of hydrogen-bond donors (Lipinski definition) is 1. The minimum atomic E-state index is -0.411. The molecule has 0 fully saturated rings. The first-order valence-electron chi connectivity index (χ1n) is 9.11. The van der Waals surface area contributed by atoms with Gasteiger partial charge in [-0.15, -0.1) is 11.3 Å². The van der Waals surface area contributed by atoms with E-state index in [0.717, 1.165) is 16.0 Å². The fourth-order valence-corrected chi connectivity index (χ4v) is 4.06. The van der Waals surface area contributed by atoms with Crippen LogP contribution < -0.4 is 14.8 Å². The molecule has 2 heterocycles. The maximum absolute atomic E-state index is 12.5. The predicted molar refractivity (Wildman–Crippen MR) is 109 cm³/mol. The molecule has 0 bridgehead atoms. The average Bonchev–Trinajstić information content (AvgIpc) is 3.22. The second kappa shape index (κ2) is 8.48. The van der Waals surface area contributed by atoms with Crippen LogP contribution in [0.15, 0.2) is 24.3 Å². The number of fused-ring (bicyclic) bond motifs is 1. The molecule has 148 valence electrons. The monoisotopic (exact) mass is 401 g/mol. The fourth-order valence-electron chi connectivity index (χ4n) is 2.92. The summed E-state index contributed by atoms with van der Waals surface area (Å²) in [6.07, 6.45) is 3.57. The third-order valence-electron chi connectivity index (χ3n) is 4.17. The Morgan fingerprint density at radius 1 is 1.29 bits per heavy atom. The van der Waals surface area contributed by atoms with Crippen LogP contribution in [0.3, 0.4) is 0 Å². The number of amides is 1. The zero-order valence-electron chi connectivity index (χ0n) is 16.3. The summed E-state index contributed by atoms with van der Waals surface area (Å²) in [4.78, 5) is 25.9. The maximum Gasteiger partial charge on any atom is 0.341 e. The summed E-state index contributed by atoms with van der Waals surface area (Å²) >= 11 is 1.38. The first kappa shape index (κ1) is 19.9. The number of thiophene rings is 1. The van der Waals surface area contributed by atoms with Crippen LogP contribution in [-0.4, -0.2) is 24.8 Å². The van der Waals surface area contributed by atoms with Gasteiger partial charge in [0, 0.05) is 11.0 Å². The Morgan fingerprint density at radius 3 is 2.75 bits per heavy atom. The Morgan fingerprint density at radius 2 is 2.04 bits per heavy atom. The second-order valence-electron chi connectivity index (χ2n) is 6.58. The summed E-state index contributed by atoms with van der Waals surface area (Å²) in [5.74, 6) is 0.616. The van der Waals surface area contributed by atoms with Crippen LogP contribution in [0.2, 0.25) is 0 Å². The molecular weight excluding hydrogens is 378 g/mol. The molecule has 3 rings (SSSR count). The van der Waals surface area contributed by atoms with E-state index in [1.807, 2.05) is 26.0 Å². The van der Waals surface area contributed by atoms with Gasteiger partial charge >= 0.3 is 5.97 Å². The third kappa shape index (κ3) is 4.36. The molecule has 6 nitrogen and oxygen atoms in total. The van der Waals surface area contributed by atoms with Crippen molar-refractivity contribution in [3.8, 4) is 11.5 Å². The van der Waals surface area contributed by atoms with Gasteiger partial charge in [0.15, 0.2) is 11.5 Å². The number of esters is 1. The van der Waals surface area contributed by atoms with Gasteiger partial charge in [-0.2, -0.15) is 0 Å². The SMILES string of the molecule is CCc1c(C)sc(NC(=O)C=Cc2ccc3c(c2)OCO3)c1C(=O)OC(C)C. The number of anilines is 1. The van der Waals surface area contributed by atoms with Crippen molar-refractivity contribution in [2.75, 3.05) is 12.1 Å². The number of carbonyl (C=O) groups excluding carboxylic acids is 2. The van der Waals surface area contributed by atoms with Crippen LogP contribution >= 0.6 is 11.3 Å². The highest BCUT2D eigenvalue weighted by Gasteiger charge is 2.24. The van der Waals surface area contributed by atoms with E-state index in [9.17, 15) is 9.59 Å². The zero-order chi connectivity index (χ0) is 20.3. The Kier molecular flexibility index (Phi) is 6.04. The van der Waals surface area contributed by atoms with E-state index in [4.69, 9.17) is 14.2 Å². The number of rotatable bonds is 6. The molecule has 1 N–H and O–H groups in total. The summed E-state index contributed by atoms with van der Waals surface area (Å²) in [6, 6.07) is 5.45. The zero-order valence-corrected chi connectivity index (χ0v) is 17.1. The van der Waals surface area contributed by atoms with Crippen LogP contribution in [-0.2, 0) is 16.0 Å². The number of benzene rings is 1. The summed E-state index contributed by atoms with van der Waals surface area (Å²) in [5, 5.41) is 3.33. The van der Waals surface area contributed by atoms with Crippen LogP contribution in [0.5, 0.6) is 11.5 Å². The molecule has 1 amide bonds. The van der Waals surface area contributed by atoms with E-state index in [1.165, 1.54) is 17.4 Å². The lowest BCUT2D eigenvalue weighted by Gasteiger charge is -2.10. The smallest absolute Gasteiger partial charge is 0.341 e. The first-order valence-corrected chi connectivity index (χ1v) is 9.92. The van der Waals surface area contributed by atoms with E-state index >= 15 is 0 Å². The molecule has 0 spiro atoms. The number of carbonyl (C=O) groups is 2. The van der Waals surface area contributed by atoms with Crippen LogP contribution in [0, 0.1) is 6.92 Å². The number of hydrogen-bond acceptors (Lipinski definition) is 6. The Labute approximate surface area is 168 Å². The van der Waals surface area contributed by atoms with Gasteiger partial charge in [0.2, 0.25) is 12.7 Å². The van der Waals surface area contributed by atoms with Crippen LogP contribution in [0.25, 0.3) is 6.08 Å². The molecule has 28 heavy (non-hydrogen) atoms. The fraction of sp³-hybridized carbons (Fsp3) is 0.333. The van der Waals surface area contributed by atoms with Crippen LogP contribution in [0.1, 0.15) is 47.1 Å². The molecule has 7 heteroatoms. The van der Waals surface area contributed by atoms with Crippen molar-refractivity contribution >= 4 is 34.3 Å². The molecule has 0 saturated heterocycles. The van der Waals surface area contributed by atoms with Crippen molar-refractivity contribution in [3.63, 3.8) is 0 Å². The molecular formula is C21H23NO5S. The highest BCUT2D eigenvalue weighted by atomic mass is 32.1. The number of aryl methyl sites for hydroxylation is 1. The van der Waals surface area contributed by atoms with Crippen molar-refractivity contribution in [1.29, 1.82) is 0 Å². The molecule has 0 aliphatic carbocycles. The minimum absolute atomic E-state index is 0.204. The first-order chi connectivity index (χ1) is 13.4. The molecule has 1 aliphatic rings. The molecule has 0 atom stereocenters. The van der Waals surface area contributed by atoms with E-state index in [0.29, 0.717) is 28.5 Å². The van der Waals surface area contributed by atoms with Gasteiger partial charge in [-0.3, -0.25) is 4.79 Å². The van der Waals surface area contributed by atoms with Gasteiger partial charge < -0.3 is 19.5 Å². The molecule has 2 aromatic rings. The highest BCUT2D eigenvalue weighted by molar-refractivity contribution is 7.16. The molecule has 1 aromatic carbocycles. The summed E-state index contributed by atoms with van der Waals surface area (Å²) in [6.45, 7) is 7.72. The number of ether oxygens (including phenoxy) is 3. The van der Waals surface area contributed by atoms with Crippen molar-refractivity contribution in [2.45, 2.75) is 40.2 Å². The van der Waals surface area contributed by atoms with Crippen molar-refractivity contribution in [3.05, 3.63) is 45.8 Å². The topological polar surface area (TPSA) is 73.9 Å². The normalized spacial score (nSPS) is 12.6. The molecule has 0 unspecified atom stereocenters. The quantitative estimate of drug-likeness (QED) is 0.567. The lowest BCUT2D eigenvalue weighted by Crippen LogP contribution is -2.16. The summed E-state index contributed by atoms with van der Waals surface area (Å²) in [5.41, 5.74) is 2.17. The van der Waals surface area contributed by atoms with Gasteiger partial charge in [0.25, 0.3) is 0 Å². The third-order valence-corrected chi connectivity index (χ3v) is 5.23. The van der Waals surface area contributed by atoms with Crippen molar-refractivity contribution < 1.29 is 23.8 Å². The van der Waals surface area contributed by atoms with Gasteiger partial charge in [-0.05, 0) is 56.5 Å². The number of nitrogens with one attached hydrogen (secondary N) is 1. The Hall–Kier alpha value is -2.80. The van der Waals surface area contributed by atoms with E-state index in [2.05, 4.69) is 5.32 Å². The van der Waals surface area contributed by atoms with E-state index < -0.39 is 5.97 Å². The Balaban J connectivity index is 1.77. The lowest BCUT2D eigenvalue weighted by molar-refractivity contribution is -0.111.